The van der Waals surface area contributed by atoms with Crippen molar-refractivity contribution in [1.82, 2.24) is 0 Å². The van der Waals surface area contributed by atoms with Crippen LogP contribution in [-0.4, -0.2) is 0 Å². The van der Waals surface area contributed by atoms with Gasteiger partial charge in [0.05, 0.1) is 0 Å². The van der Waals surface area contributed by atoms with E-state index in [2.05, 4.69) is 63.2 Å². The fraction of sp³-hybridized carbons (Fsp3) is 0.333. The van der Waals surface area contributed by atoms with E-state index in [-0.39, 0.29) is 0 Å². The van der Waals surface area contributed by atoms with Crippen molar-refractivity contribution >= 4 is 6.08 Å². The van der Waals surface area contributed by atoms with Crippen LogP contribution >= 0.6 is 0 Å². The van der Waals surface area contributed by atoms with E-state index in [9.17, 15) is 0 Å². The van der Waals surface area contributed by atoms with Gasteiger partial charge in [-0.1, -0.05) is 67.0 Å². The molecular weight excluding hydrogens is 252 g/mol. The number of rotatable bonds is 4. The maximum Gasteiger partial charge on any atom is -0.00603 e. The lowest BCUT2D eigenvalue weighted by Gasteiger charge is -2.11. The molecule has 0 aliphatic heterocycles. The molecule has 0 nitrogen and oxygen atoms in total. The van der Waals surface area contributed by atoms with Gasteiger partial charge in [-0.25, -0.2) is 0 Å². The predicted octanol–water partition coefficient (Wildman–Crippen LogP) is 5.96. The van der Waals surface area contributed by atoms with Crippen molar-refractivity contribution in [1.29, 1.82) is 0 Å². The van der Waals surface area contributed by atoms with Crippen LogP contribution in [0, 0.1) is 6.92 Å². The first-order valence-corrected chi connectivity index (χ1v) is 8.07. The zero-order valence-electron chi connectivity index (χ0n) is 13.4. The van der Waals surface area contributed by atoms with Gasteiger partial charge >= 0.3 is 0 Å². The smallest absolute Gasteiger partial charge is 0.00603 e. The Balaban J connectivity index is 1.97. The third-order valence-electron chi connectivity index (χ3n) is 4.35. The number of aryl methyl sites for hydroxylation is 2. The van der Waals surface area contributed by atoms with Crippen molar-refractivity contribution in [2.75, 3.05) is 0 Å². The van der Waals surface area contributed by atoms with E-state index in [0.29, 0.717) is 0 Å². The van der Waals surface area contributed by atoms with Gasteiger partial charge in [0.2, 0.25) is 0 Å². The molecule has 0 atom stereocenters. The summed E-state index contributed by atoms with van der Waals surface area (Å²) in [5.74, 6) is 0. The zero-order chi connectivity index (χ0) is 14.8. The maximum absolute atomic E-state index is 2.36. The Kier molecular flexibility index (Phi) is 3.96. The van der Waals surface area contributed by atoms with Crippen LogP contribution in [0.2, 0.25) is 0 Å². The van der Waals surface area contributed by atoms with Crippen LogP contribution in [-0.2, 0) is 12.8 Å². The Bertz CT molecular complexity index is 672. The molecule has 0 radical (unpaired) electrons. The molecule has 3 rings (SSSR count). The van der Waals surface area contributed by atoms with Crippen molar-refractivity contribution < 1.29 is 0 Å². The standard InChI is InChI=1S/C21H24/c1-4-5-6-17-7-9-18(10-8-17)20-13-15(2)11-19-12-16(3)14-21(19)20/h7-11,13-14H,4-6,12H2,1-3H3. The highest BCUT2D eigenvalue weighted by Crippen LogP contribution is 2.35. The third kappa shape index (κ3) is 2.95. The molecule has 0 heteroatoms. The van der Waals surface area contributed by atoms with Gasteiger partial charge in [-0.05, 0) is 60.9 Å². The average molecular weight is 276 g/mol. The highest BCUT2D eigenvalue weighted by atomic mass is 14.2. The fourth-order valence-electron chi connectivity index (χ4n) is 3.26. The van der Waals surface area contributed by atoms with Crippen LogP contribution in [0.5, 0.6) is 0 Å². The second kappa shape index (κ2) is 5.89. The Hall–Kier alpha value is -1.82. The molecule has 0 N–H and O–H groups in total. The summed E-state index contributed by atoms with van der Waals surface area (Å²) < 4.78 is 0. The van der Waals surface area contributed by atoms with E-state index in [0.717, 1.165) is 6.42 Å². The van der Waals surface area contributed by atoms with Crippen molar-refractivity contribution in [2.45, 2.75) is 46.5 Å². The van der Waals surface area contributed by atoms with Crippen LogP contribution in [0.15, 0.2) is 42.0 Å². The van der Waals surface area contributed by atoms with Crippen molar-refractivity contribution in [2.24, 2.45) is 0 Å². The van der Waals surface area contributed by atoms with E-state index in [1.54, 1.807) is 0 Å². The summed E-state index contributed by atoms with van der Waals surface area (Å²) in [6, 6.07) is 13.8. The lowest BCUT2D eigenvalue weighted by Crippen LogP contribution is -1.91. The minimum atomic E-state index is 1.11. The molecule has 1 aliphatic carbocycles. The number of hydrogen-bond donors (Lipinski definition) is 0. The molecule has 0 fully saturated rings. The SMILES string of the molecule is CCCCc1ccc(-c2cc(C)cc3c2C=C(C)C3)cc1. The van der Waals surface area contributed by atoms with E-state index in [1.807, 2.05) is 0 Å². The van der Waals surface area contributed by atoms with Crippen molar-refractivity contribution in [3.05, 3.63) is 64.2 Å². The highest BCUT2D eigenvalue weighted by molar-refractivity contribution is 5.81. The first-order valence-electron chi connectivity index (χ1n) is 8.07. The minimum absolute atomic E-state index is 1.11. The summed E-state index contributed by atoms with van der Waals surface area (Å²) >= 11 is 0. The number of unbranched alkanes of at least 4 members (excludes halogenated alkanes) is 1. The topological polar surface area (TPSA) is 0 Å². The van der Waals surface area contributed by atoms with E-state index >= 15 is 0 Å². The summed E-state index contributed by atoms with van der Waals surface area (Å²) in [6.07, 6.45) is 7.20. The minimum Gasteiger partial charge on any atom is -0.0683 e. The van der Waals surface area contributed by atoms with Gasteiger partial charge in [0.1, 0.15) is 0 Å². The van der Waals surface area contributed by atoms with E-state index < -0.39 is 0 Å². The summed E-state index contributed by atoms with van der Waals surface area (Å²) in [7, 11) is 0. The molecule has 108 valence electrons. The fourth-order valence-corrected chi connectivity index (χ4v) is 3.26. The number of hydrogen-bond acceptors (Lipinski definition) is 0. The number of benzene rings is 2. The van der Waals surface area contributed by atoms with Crippen LogP contribution in [0.25, 0.3) is 17.2 Å². The molecule has 0 aromatic heterocycles. The monoisotopic (exact) mass is 276 g/mol. The molecule has 1 aliphatic rings. The predicted molar refractivity (Wildman–Crippen MR) is 92.6 cm³/mol. The Morgan fingerprint density at radius 2 is 1.76 bits per heavy atom. The van der Waals surface area contributed by atoms with Gasteiger partial charge in [0.15, 0.2) is 0 Å². The largest absolute Gasteiger partial charge is 0.0683 e. The Labute approximate surface area is 128 Å². The summed E-state index contributed by atoms with van der Waals surface area (Å²) in [4.78, 5) is 0. The molecule has 2 aromatic rings. The zero-order valence-corrected chi connectivity index (χ0v) is 13.4. The van der Waals surface area contributed by atoms with Crippen LogP contribution < -0.4 is 0 Å². The summed E-state index contributed by atoms with van der Waals surface area (Å²) in [5, 5.41) is 0. The van der Waals surface area contributed by atoms with Gasteiger partial charge in [0.25, 0.3) is 0 Å². The molecule has 0 amide bonds. The van der Waals surface area contributed by atoms with Gasteiger partial charge in [-0.15, -0.1) is 0 Å². The van der Waals surface area contributed by atoms with Crippen LogP contribution in [0.4, 0.5) is 0 Å². The summed E-state index contributed by atoms with van der Waals surface area (Å²) in [5.41, 5.74) is 9.94. The normalized spacial score (nSPS) is 13.2. The molecule has 0 saturated heterocycles. The molecule has 0 spiro atoms. The van der Waals surface area contributed by atoms with Crippen molar-refractivity contribution in [3.63, 3.8) is 0 Å². The number of fused-ring (bicyclic) bond motifs is 1. The van der Waals surface area contributed by atoms with E-state index in [4.69, 9.17) is 0 Å². The average Bonchev–Trinajstić information content (AvgIpc) is 2.85. The number of allylic oxidation sites excluding steroid dienone is 1. The van der Waals surface area contributed by atoms with E-state index in [1.165, 1.54) is 58.2 Å². The maximum atomic E-state index is 2.36. The van der Waals surface area contributed by atoms with Crippen molar-refractivity contribution in [3.8, 4) is 11.1 Å². The molecule has 0 unspecified atom stereocenters. The summed E-state index contributed by atoms with van der Waals surface area (Å²) in [6.45, 7) is 6.68. The van der Waals surface area contributed by atoms with Gasteiger partial charge < -0.3 is 0 Å². The molecular formula is C21H24. The first-order chi connectivity index (χ1) is 10.2. The molecule has 0 bridgehead atoms. The molecule has 0 heterocycles. The quantitative estimate of drug-likeness (QED) is 0.646. The Morgan fingerprint density at radius 3 is 2.48 bits per heavy atom. The second-order valence-corrected chi connectivity index (χ2v) is 6.35. The molecule has 21 heavy (non-hydrogen) atoms. The third-order valence-corrected chi connectivity index (χ3v) is 4.35. The molecule has 2 aromatic carbocycles. The second-order valence-electron chi connectivity index (χ2n) is 6.35. The van der Waals surface area contributed by atoms with Gasteiger partial charge in [-0.2, -0.15) is 0 Å². The Morgan fingerprint density at radius 1 is 1.00 bits per heavy atom. The van der Waals surface area contributed by atoms with Crippen LogP contribution in [0.1, 0.15) is 48.9 Å². The molecule has 0 saturated carbocycles. The lowest BCUT2D eigenvalue weighted by molar-refractivity contribution is 0.795. The first kappa shape index (κ1) is 14.1. The van der Waals surface area contributed by atoms with Gasteiger partial charge in [-0.3, -0.25) is 0 Å². The van der Waals surface area contributed by atoms with Gasteiger partial charge in [0, 0.05) is 0 Å². The van der Waals surface area contributed by atoms with Crippen LogP contribution in [0.3, 0.4) is 0 Å². The highest BCUT2D eigenvalue weighted by Gasteiger charge is 2.15. The lowest BCUT2D eigenvalue weighted by atomic mass is 9.94.